The van der Waals surface area contributed by atoms with Crippen LogP contribution in [0.3, 0.4) is 0 Å². The van der Waals surface area contributed by atoms with Gasteiger partial charge in [-0.15, -0.1) is 13.2 Å². The Hall–Kier alpha value is -3.00. The molecule has 0 aliphatic rings. The normalized spacial score (nSPS) is 12.1. The third-order valence-corrected chi connectivity index (χ3v) is 4.76. The summed E-state index contributed by atoms with van der Waals surface area (Å²) in [5.41, 5.74) is 2.68. The molecule has 30 heavy (non-hydrogen) atoms. The van der Waals surface area contributed by atoms with Crippen LogP contribution in [0, 0.1) is 0 Å². The molecule has 1 aromatic heterocycles. The molecule has 3 rings (SSSR count). The van der Waals surface area contributed by atoms with Gasteiger partial charge in [-0.2, -0.15) is 0 Å². The van der Waals surface area contributed by atoms with Gasteiger partial charge in [-0.25, -0.2) is 9.97 Å². The van der Waals surface area contributed by atoms with Crippen molar-refractivity contribution in [3.63, 3.8) is 0 Å². The molecule has 0 saturated heterocycles. The van der Waals surface area contributed by atoms with Crippen LogP contribution in [0.5, 0.6) is 5.75 Å². The Labute approximate surface area is 176 Å². The topological polar surface area (TPSA) is 47.0 Å². The number of benzene rings is 2. The van der Waals surface area contributed by atoms with Crippen molar-refractivity contribution >= 4 is 39.2 Å². The van der Waals surface area contributed by atoms with E-state index in [1.165, 1.54) is 36.0 Å². The molecule has 0 amide bonds. The molecular formula is C22H20F3N3OS. The average molecular weight is 431 g/mol. The molecule has 0 saturated carbocycles. The molecule has 156 valence electrons. The fourth-order valence-corrected chi connectivity index (χ4v) is 3.35. The Bertz CT molecular complexity index is 1050. The quantitative estimate of drug-likeness (QED) is 0.406. The van der Waals surface area contributed by atoms with Crippen LogP contribution in [0.4, 0.5) is 24.7 Å². The van der Waals surface area contributed by atoms with Gasteiger partial charge >= 0.3 is 6.36 Å². The van der Waals surface area contributed by atoms with Gasteiger partial charge in [0, 0.05) is 10.6 Å². The highest BCUT2D eigenvalue weighted by Crippen LogP contribution is 2.34. The molecule has 1 N–H and O–H groups in total. The van der Waals surface area contributed by atoms with Gasteiger partial charge in [0.15, 0.2) is 5.82 Å². The van der Waals surface area contributed by atoms with Crippen molar-refractivity contribution < 1.29 is 17.9 Å². The van der Waals surface area contributed by atoms with Crippen LogP contribution in [0.1, 0.15) is 25.5 Å². The van der Waals surface area contributed by atoms with Crippen molar-refractivity contribution in [3.05, 3.63) is 72.3 Å². The maximum absolute atomic E-state index is 12.4. The number of thioether (sulfide) groups is 1. The third kappa shape index (κ3) is 5.76. The Morgan fingerprint density at radius 3 is 2.37 bits per heavy atom. The molecule has 3 aromatic rings. The summed E-state index contributed by atoms with van der Waals surface area (Å²) in [5.74, 6) is 0.221. The first-order chi connectivity index (χ1) is 14.4. The molecule has 0 aliphatic carbocycles. The molecule has 0 aliphatic heterocycles. The van der Waals surface area contributed by atoms with Gasteiger partial charge in [0.25, 0.3) is 0 Å². The molecule has 0 radical (unpaired) electrons. The number of nitrogens with one attached hydrogen (secondary N) is 1. The summed E-state index contributed by atoms with van der Waals surface area (Å²) in [6, 6.07) is 13.0. The van der Waals surface area contributed by atoms with E-state index in [0.29, 0.717) is 22.7 Å². The summed E-state index contributed by atoms with van der Waals surface area (Å²) in [5, 5.41) is 4.90. The van der Waals surface area contributed by atoms with Crippen LogP contribution in [0.15, 0.2) is 66.6 Å². The Balaban J connectivity index is 1.99. The zero-order valence-electron chi connectivity index (χ0n) is 16.2. The molecular weight excluding hydrogens is 411 g/mol. The number of hydrogen-bond acceptors (Lipinski definition) is 5. The lowest BCUT2D eigenvalue weighted by Crippen LogP contribution is -2.17. The van der Waals surface area contributed by atoms with E-state index in [1.54, 1.807) is 5.41 Å². The summed E-state index contributed by atoms with van der Waals surface area (Å²) in [4.78, 5) is 10.4. The second kappa shape index (κ2) is 9.67. The zero-order chi connectivity index (χ0) is 21.6. The second-order valence-corrected chi connectivity index (χ2v) is 7.26. The number of hydrogen-bond donors (Lipinski definition) is 1. The molecule has 8 heteroatoms. The largest absolute Gasteiger partial charge is 0.573 e. The number of halogens is 3. The average Bonchev–Trinajstić information content (AvgIpc) is 2.71. The maximum Gasteiger partial charge on any atom is 0.573 e. The van der Waals surface area contributed by atoms with Crippen molar-refractivity contribution in [1.29, 1.82) is 0 Å². The highest BCUT2D eigenvalue weighted by molar-refractivity contribution is 8.10. The van der Waals surface area contributed by atoms with E-state index >= 15 is 0 Å². The minimum Gasteiger partial charge on any atom is -0.406 e. The maximum atomic E-state index is 12.4. The van der Waals surface area contributed by atoms with E-state index in [9.17, 15) is 13.2 Å². The zero-order valence-corrected chi connectivity index (χ0v) is 17.1. The Kier molecular flexibility index (Phi) is 6.99. The van der Waals surface area contributed by atoms with Gasteiger partial charge in [0.1, 0.15) is 11.4 Å². The van der Waals surface area contributed by atoms with Crippen LogP contribution in [0.25, 0.3) is 15.9 Å². The van der Waals surface area contributed by atoms with Crippen LogP contribution < -0.4 is 10.1 Å². The SMILES string of the molecule is C=CS/C(=C\CCC)c1nc2ccccc2nc1Nc1ccc(OC(F)(F)F)cc1. The fourth-order valence-electron chi connectivity index (χ4n) is 2.70. The van der Waals surface area contributed by atoms with Crippen molar-refractivity contribution in [3.8, 4) is 5.75 Å². The highest BCUT2D eigenvalue weighted by Gasteiger charge is 2.31. The Morgan fingerprint density at radius 2 is 1.77 bits per heavy atom. The number of aromatic nitrogens is 2. The van der Waals surface area contributed by atoms with E-state index in [4.69, 9.17) is 9.97 Å². The number of anilines is 2. The summed E-state index contributed by atoms with van der Waals surface area (Å²) < 4.78 is 41.1. The number of unbranched alkanes of at least 4 members (excludes halogenated alkanes) is 1. The minimum absolute atomic E-state index is 0.288. The first-order valence-corrected chi connectivity index (χ1v) is 10.2. The Morgan fingerprint density at radius 1 is 1.10 bits per heavy atom. The lowest BCUT2D eigenvalue weighted by molar-refractivity contribution is -0.274. The summed E-state index contributed by atoms with van der Waals surface area (Å²) >= 11 is 1.45. The van der Waals surface area contributed by atoms with Crippen LogP contribution in [0.2, 0.25) is 0 Å². The third-order valence-electron chi connectivity index (χ3n) is 3.98. The monoisotopic (exact) mass is 431 g/mol. The minimum atomic E-state index is -4.73. The second-order valence-electron chi connectivity index (χ2n) is 6.25. The smallest absolute Gasteiger partial charge is 0.406 e. The van der Waals surface area contributed by atoms with E-state index in [2.05, 4.69) is 29.6 Å². The lowest BCUT2D eigenvalue weighted by atomic mass is 10.2. The number of allylic oxidation sites excluding steroid dienone is 1. The molecule has 2 aromatic carbocycles. The standard InChI is InChI=1S/C22H20F3N3OS/c1-3-5-10-19(30-4-2)20-21(28-18-9-7-6-8-17(18)27-20)26-15-11-13-16(14-12-15)29-22(23,24)25/h4,6-14H,2-3,5H2,1H3,(H,26,28)/b19-10-. The first-order valence-electron chi connectivity index (χ1n) is 9.27. The number of fused-ring (bicyclic) bond motifs is 1. The number of para-hydroxylation sites is 2. The van der Waals surface area contributed by atoms with Crippen LogP contribution in [-0.2, 0) is 0 Å². The number of ether oxygens (including phenoxy) is 1. The number of alkyl halides is 3. The summed E-state index contributed by atoms with van der Waals surface area (Å²) in [6.45, 7) is 5.88. The number of rotatable bonds is 8. The molecule has 4 nitrogen and oxygen atoms in total. The molecule has 0 spiro atoms. The molecule has 0 atom stereocenters. The lowest BCUT2D eigenvalue weighted by Gasteiger charge is -2.14. The van der Waals surface area contributed by atoms with Crippen LogP contribution in [-0.4, -0.2) is 16.3 Å². The van der Waals surface area contributed by atoms with Crippen molar-refractivity contribution in [2.75, 3.05) is 5.32 Å². The van der Waals surface area contributed by atoms with Gasteiger partial charge in [-0.3, -0.25) is 0 Å². The highest BCUT2D eigenvalue weighted by atomic mass is 32.2. The molecule has 0 unspecified atom stereocenters. The van der Waals surface area contributed by atoms with Gasteiger partial charge in [-0.1, -0.05) is 49.9 Å². The van der Waals surface area contributed by atoms with E-state index < -0.39 is 6.36 Å². The van der Waals surface area contributed by atoms with Gasteiger partial charge < -0.3 is 10.1 Å². The van der Waals surface area contributed by atoms with E-state index in [-0.39, 0.29) is 5.75 Å². The van der Waals surface area contributed by atoms with Crippen LogP contribution >= 0.6 is 11.8 Å². The first kappa shape index (κ1) is 21.7. The van der Waals surface area contributed by atoms with Crippen molar-refractivity contribution in [1.82, 2.24) is 9.97 Å². The molecule has 0 bridgehead atoms. The van der Waals surface area contributed by atoms with Crippen molar-refractivity contribution in [2.45, 2.75) is 26.1 Å². The van der Waals surface area contributed by atoms with Gasteiger partial charge in [0.2, 0.25) is 0 Å². The number of nitrogens with zero attached hydrogens (tertiary/aromatic N) is 2. The van der Waals surface area contributed by atoms with Gasteiger partial charge in [0.05, 0.1) is 11.0 Å². The van der Waals surface area contributed by atoms with Crippen molar-refractivity contribution in [2.24, 2.45) is 0 Å². The summed E-state index contributed by atoms with van der Waals surface area (Å²) in [7, 11) is 0. The van der Waals surface area contributed by atoms with E-state index in [0.717, 1.165) is 23.3 Å². The predicted octanol–water partition coefficient (Wildman–Crippen LogP) is 7.29. The summed E-state index contributed by atoms with van der Waals surface area (Å²) in [6.07, 6.45) is -0.803. The fraction of sp³-hybridized carbons (Fsp3) is 0.182. The van der Waals surface area contributed by atoms with Gasteiger partial charge in [-0.05, 0) is 48.2 Å². The van der Waals surface area contributed by atoms with E-state index in [1.807, 2.05) is 24.3 Å². The predicted molar refractivity (Wildman–Crippen MR) is 117 cm³/mol. The molecule has 1 heterocycles. The molecule has 0 fully saturated rings.